The SMILES string of the molecule is Nc1cc(-c2ccc(-n3nccc3Cl)cc2)no1. The summed E-state index contributed by atoms with van der Waals surface area (Å²) in [6.07, 6.45) is 1.65. The van der Waals surface area contributed by atoms with Crippen molar-refractivity contribution in [1.29, 1.82) is 0 Å². The normalized spacial score (nSPS) is 10.7. The van der Waals surface area contributed by atoms with Gasteiger partial charge in [-0.15, -0.1) is 0 Å². The van der Waals surface area contributed by atoms with Crippen LogP contribution in [-0.4, -0.2) is 14.9 Å². The Morgan fingerprint density at radius 2 is 1.94 bits per heavy atom. The van der Waals surface area contributed by atoms with Crippen LogP contribution in [-0.2, 0) is 0 Å². The molecule has 1 aromatic carbocycles. The zero-order chi connectivity index (χ0) is 12.5. The van der Waals surface area contributed by atoms with Crippen LogP contribution in [0.1, 0.15) is 0 Å². The second-order valence-corrected chi connectivity index (χ2v) is 4.11. The number of nitrogens with zero attached hydrogens (tertiary/aromatic N) is 3. The van der Waals surface area contributed by atoms with E-state index in [1.54, 1.807) is 23.0 Å². The molecule has 0 atom stereocenters. The molecule has 0 fully saturated rings. The lowest BCUT2D eigenvalue weighted by atomic mass is 10.1. The molecule has 3 aromatic rings. The maximum absolute atomic E-state index is 5.99. The second-order valence-electron chi connectivity index (χ2n) is 3.73. The van der Waals surface area contributed by atoms with Crippen molar-refractivity contribution in [1.82, 2.24) is 14.9 Å². The highest BCUT2D eigenvalue weighted by atomic mass is 35.5. The largest absolute Gasteiger partial charge is 0.368 e. The third-order valence-corrected chi connectivity index (χ3v) is 2.82. The van der Waals surface area contributed by atoms with Gasteiger partial charge < -0.3 is 10.3 Å². The Morgan fingerprint density at radius 1 is 1.17 bits per heavy atom. The number of hydrogen-bond acceptors (Lipinski definition) is 4. The highest BCUT2D eigenvalue weighted by Crippen LogP contribution is 2.22. The predicted molar refractivity (Wildman–Crippen MR) is 68.5 cm³/mol. The van der Waals surface area contributed by atoms with E-state index in [0.29, 0.717) is 16.7 Å². The van der Waals surface area contributed by atoms with Gasteiger partial charge in [0, 0.05) is 11.6 Å². The van der Waals surface area contributed by atoms with E-state index in [-0.39, 0.29) is 0 Å². The lowest BCUT2D eigenvalue weighted by Gasteiger charge is -2.03. The number of nitrogens with two attached hydrogens (primary N) is 1. The standard InChI is InChI=1S/C12H9ClN4O/c13-11-5-6-15-17(11)9-3-1-8(2-4-9)10-7-12(14)18-16-10/h1-7H,14H2. The Hall–Kier alpha value is -2.27. The Labute approximate surface area is 108 Å². The van der Waals surface area contributed by atoms with Crippen molar-refractivity contribution in [2.24, 2.45) is 0 Å². The van der Waals surface area contributed by atoms with Gasteiger partial charge in [-0.2, -0.15) is 5.10 Å². The first-order valence-electron chi connectivity index (χ1n) is 5.26. The summed E-state index contributed by atoms with van der Waals surface area (Å²) in [5.41, 5.74) is 7.98. The van der Waals surface area contributed by atoms with Crippen LogP contribution in [0.5, 0.6) is 0 Å². The molecule has 0 amide bonds. The Morgan fingerprint density at radius 3 is 2.50 bits per heavy atom. The van der Waals surface area contributed by atoms with Gasteiger partial charge in [0.15, 0.2) is 0 Å². The summed E-state index contributed by atoms with van der Waals surface area (Å²) in [6.45, 7) is 0. The quantitative estimate of drug-likeness (QED) is 0.769. The fraction of sp³-hybridized carbons (Fsp3) is 0. The van der Waals surface area contributed by atoms with Crippen molar-refractivity contribution in [2.75, 3.05) is 5.73 Å². The van der Waals surface area contributed by atoms with Gasteiger partial charge >= 0.3 is 0 Å². The number of benzene rings is 1. The zero-order valence-corrected chi connectivity index (χ0v) is 10.0. The molecule has 0 saturated heterocycles. The summed E-state index contributed by atoms with van der Waals surface area (Å²) in [5, 5.41) is 8.53. The van der Waals surface area contributed by atoms with Gasteiger partial charge in [0.2, 0.25) is 5.88 Å². The molecule has 0 saturated carbocycles. The van der Waals surface area contributed by atoms with E-state index >= 15 is 0 Å². The van der Waals surface area contributed by atoms with Gasteiger partial charge in [0.1, 0.15) is 10.8 Å². The monoisotopic (exact) mass is 260 g/mol. The van der Waals surface area contributed by atoms with E-state index in [1.165, 1.54) is 0 Å². The van der Waals surface area contributed by atoms with Gasteiger partial charge in [-0.05, 0) is 18.2 Å². The molecule has 6 heteroatoms. The lowest BCUT2D eigenvalue weighted by molar-refractivity contribution is 0.439. The summed E-state index contributed by atoms with van der Waals surface area (Å²) < 4.78 is 6.47. The van der Waals surface area contributed by atoms with Crippen LogP contribution in [0.3, 0.4) is 0 Å². The minimum absolute atomic E-state index is 0.296. The Bertz CT molecular complexity index is 671. The number of nitrogen functional groups attached to an aromatic ring is 1. The number of hydrogen-bond donors (Lipinski definition) is 1. The van der Waals surface area contributed by atoms with E-state index in [4.69, 9.17) is 21.9 Å². The van der Waals surface area contributed by atoms with E-state index in [1.807, 2.05) is 24.3 Å². The number of anilines is 1. The molecule has 3 rings (SSSR count). The van der Waals surface area contributed by atoms with Crippen molar-refractivity contribution in [2.45, 2.75) is 0 Å². The van der Waals surface area contributed by atoms with E-state index in [2.05, 4.69) is 10.3 Å². The average Bonchev–Trinajstić information content (AvgIpc) is 2.98. The maximum Gasteiger partial charge on any atom is 0.222 e. The Kier molecular flexibility index (Phi) is 2.53. The van der Waals surface area contributed by atoms with E-state index in [9.17, 15) is 0 Å². The van der Waals surface area contributed by atoms with E-state index in [0.717, 1.165) is 11.3 Å². The maximum atomic E-state index is 5.99. The minimum Gasteiger partial charge on any atom is -0.368 e. The molecule has 2 aromatic heterocycles. The fourth-order valence-corrected chi connectivity index (χ4v) is 1.87. The van der Waals surface area contributed by atoms with Gasteiger partial charge in [-0.3, -0.25) is 0 Å². The lowest BCUT2D eigenvalue weighted by Crippen LogP contribution is -1.95. The molecule has 0 aliphatic heterocycles. The molecular weight excluding hydrogens is 252 g/mol. The third kappa shape index (κ3) is 1.84. The van der Waals surface area contributed by atoms with Crippen molar-refractivity contribution in [3.05, 3.63) is 47.7 Å². The van der Waals surface area contributed by atoms with Crippen LogP contribution in [0.15, 0.2) is 47.1 Å². The van der Waals surface area contributed by atoms with Crippen LogP contribution in [0.4, 0.5) is 5.88 Å². The molecular formula is C12H9ClN4O. The molecule has 0 spiro atoms. The van der Waals surface area contributed by atoms with Crippen molar-refractivity contribution in [3.63, 3.8) is 0 Å². The molecule has 2 heterocycles. The molecule has 0 radical (unpaired) electrons. The molecule has 90 valence electrons. The van der Waals surface area contributed by atoms with Crippen molar-refractivity contribution >= 4 is 17.5 Å². The van der Waals surface area contributed by atoms with Crippen LogP contribution >= 0.6 is 11.6 Å². The molecule has 0 aliphatic carbocycles. The third-order valence-electron chi connectivity index (χ3n) is 2.53. The summed E-state index contributed by atoms with van der Waals surface area (Å²) >= 11 is 5.99. The first-order valence-corrected chi connectivity index (χ1v) is 5.64. The number of rotatable bonds is 2. The van der Waals surface area contributed by atoms with Gasteiger partial charge in [0.25, 0.3) is 0 Å². The molecule has 18 heavy (non-hydrogen) atoms. The first kappa shape index (κ1) is 10.9. The van der Waals surface area contributed by atoms with Crippen molar-refractivity contribution in [3.8, 4) is 16.9 Å². The second kappa shape index (κ2) is 4.19. The van der Waals surface area contributed by atoms with Crippen LogP contribution < -0.4 is 5.73 Å². The van der Waals surface area contributed by atoms with Crippen LogP contribution in [0.2, 0.25) is 5.15 Å². The average molecular weight is 261 g/mol. The summed E-state index contributed by atoms with van der Waals surface area (Å²) in [4.78, 5) is 0. The summed E-state index contributed by atoms with van der Waals surface area (Å²) in [6, 6.07) is 11.0. The van der Waals surface area contributed by atoms with Gasteiger partial charge in [-0.1, -0.05) is 28.9 Å². The summed E-state index contributed by atoms with van der Waals surface area (Å²) in [5.74, 6) is 0.296. The highest BCUT2D eigenvalue weighted by molar-refractivity contribution is 6.29. The van der Waals surface area contributed by atoms with Crippen LogP contribution in [0.25, 0.3) is 16.9 Å². The van der Waals surface area contributed by atoms with Gasteiger partial charge in [0.05, 0.1) is 11.9 Å². The van der Waals surface area contributed by atoms with Crippen LogP contribution in [0, 0.1) is 0 Å². The molecule has 0 aliphatic rings. The first-order chi connectivity index (χ1) is 8.74. The number of aromatic nitrogens is 3. The highest BCUT2D eigenvalue weighted by Gasteiger charge is 2.06. The smallest absolute Gasteiger partial charge is 0.222 e. The molecule has 2 N–H and O–H groups in total. The molecule has 5 nitrogen and oxygen atoms in total. The molecule has 0 unspecified atom stereocenters. The predicted octanol–water partition coefficient (Wildman–Crippen LogP) is 2.76. The van der Waals surface area contributed by atoms with E-state index < -0.39 is 0 Å². The zero-order valence-electron chi connectivity index (χ0n) is 9.25. The van der Waals surface area contributed by atoms with Crippen molar-refractivity contribution < 1.29 is 4.52 Å². The van der Waals surface area contributed by atoms with Gasteiger partial charge in [-0.25, -0.2) is 4.68 Å². The fourth-order valence-electron chi connectivity index (χ4n) is 1.68. The minimum atomic E-state index is 0.296. The molecule has 0 bridgehead atoms. The summed E-state index contributed by atoms with van der Waals surface area (Å²) in [7, 11) is 0. The number of halogens is 1. The Balaban J connectivity index is 1.97. The topological polar surface area (TPSA) is 69.9 Å².